The molecule has 1 aromatic rings. The van der Waals surface area contributed by atoms with Crippen LogP contribution in [-0.4, -0.2) is 41.0 Å². The molecule has 1 unspecified atom stereocenters. The molecular formula is C14H21N3O2S. The second kappa shape index (κ2) is 5.41. The Bertz CT molecular complexity index is 582. The number of sulfonamides is 1. The van der Waals surface area contributed by atoms with Crippen molar-refractivity contribution >= 4 is 10.0 Å². The molecule has 110 valence electrons. The largest absolute Gasteiger partial charge is 0.241 e. The van der Waals surface area contributed by atoms with E-state index >= 15 is 0 Å². The lowest BCUT2D eigenvalue weighted by Gasteiger charge is -2.20. The van der Waals surface area contributed by atoms with Gasteiger partial charge in [-0.05, 0) is 32.3 Å². The quantitative estimate of drug-likeness (QED) is 0.853. The van der Waals surface area contributed by atoms with Crippen LogP contribution in [0.4, 0.5) is 0 Å². The molecule has 0 bridgehead atoms. The van der Waals surface area contributed by atoms with Crippen molar-refractivity contribution in [3.8, 4) is 0 Å². The van der Waals surface area contributed by atoms with Crippen molar-refractivity contribution in [2.45, 2.75) is 50.2 Å². The maximum absolute atomic E-state index is 12.6. The predicted octanol–water partition coefficient (Wildman–Crippen LogP) is 1.85. The molecule has 1 aromatic heterocycles. The molecule has 0 amide bonds. The van der Waals surface area contributed by atoms with Crippen molar-refractivity contribution in [3.05, 3.63) is 23.8 Å². The molecule has 1 aliphatic carbocycles. The van der Waals surface area contributed by atoms with Gasteiger partial charge < -0.3 is 0 Å². The predicted molar refractivity (Wildman–Crippen MR) is 76.9 cm³/mol. The van der Waals surface area contributed by atoms with E-state index in [-0.39, 0.29) is 11.2 Å². The number of aromatic nitrogens is 2. The molecular weight excluding hydrogens is 274 g/mol. The van der Waals surface area contributed by atoms with Gasteiger partial charge in [0.2, 0.25) is 10.0 Å². The molecule has 5 nitrogen and oxygen atoms in total. The number of rotatable bonds is 3. The third-order valence-corrected chi connectivity index (χ3v) is 6.78. The van der Waals surface area contributed by atoms with Crippen molar-refractivity contribution in [1.82, 2.24) is 14.3 Å². The van der Waals surface area contributed by atoms with Crippen molar-refractivity contribution < 1.29 is 8.42 Å². The first-order valence-corrected chi connectivity index (χ1v) is 8.86. The molecule has 1 saturated heterocycles. The number of nitrogens with zero attached hydrogens (tertiary/aromatic N) is 3. The fourth-order valence-corrected chi connectivity index (χ4v) is 5.33. The van der Waals surface area contributed by atoms with Crippen LogP contribution in [0.2, 0.25) is 0 Å². The summed E-state index contributed by atoms with van der Waals surface area (Å²) in [6.07, 6.45) is 6.32. The molecule has 3 rings (SSSR count). The lowest BCUT2D eigenvalue weighted by Crippen LogP contribution is -2.36. The molecule has 2 aliphatic rings. The van der Waals surface area contributed by atoms with Crippen LogP contribution >= 0.6 is 0 Å². The standard InChI is InChI=1S/C14H21N3O2S/c1-11-6-8-15-14(16-11)12-7-9-17(10-12)20(18,19)13-4-2-3-5-13/h6,8,12-13H,2-5,7,9-10H2,1H3. The van der Waals surface area contributed by atoms with Gasteiger partial charge in [-0.2, -0.15) is 0 Å². The van der Waals surface area contributed by atoms with Crippen LogP contribution < -0.4 is 0 Å². The van der Waals surface area contributed by atoms with E-state index in [4.69, 9.17) is 0 Å². The zero-order valence-electron chi connectivity index (χ0n) is 11.8. The number of hydrogen-bond acceptors (Lipinski definition) is 4. The van der Waals surface area contributed by atoms with Crippen LogP contribution in [0, 0.1) is 6.92 Å². The normalized spacial score (nSPS) is 25.4. The van der Waals surface area contributed by atoms with Gasteiger partial charge in [0.15, 0.2) is 0 Å². The number of hydrogen-bond donors (Lipinski definition) is 0. The van der Waals surface area contributed by atoms with E-state index in [0.29, 0.717) is 13.1 Å². The summed E-state index contributed by atoms with van der Waals surface area (Å²) in [6, 6.07) is 1.87. The summed E-state index contributed by atoms with van der Waals surface area (Å²) in [5.41, 5.74) is 0.937. The molecule has 1 saturated carbocycles. The van der Waals surface area contributed by atoms with Gasteiger partial charge in [0.05, 0.1) is 5.25 Å². The van der Waals surface area contributed by atoms with Gasteiger partial charge in [-0.3, -0.25) is 0 Å². The van der Waals surface area contributed by atoms with Gasteiger partial charge >= 0.3 is 0 Å². The first kappa shape index (κ1) is 13.9. The second-order valence-corrected chi connectivity index (χ2v) is 8.06. The van der Waals surface area contributed by atoms with Crippen LogP contribution in [0.25, 0.3) is 0 Å². The molecule has 1 aliphatic heterocycles. The Labute approximate surface area is 120 Å². The van der Waals surface area contributed by atoms with Crippen LogP contribution in [0.15, 0.2) is 12.3 Å². The van der Waals surface area contributed by atoms with Gasteiger partial charge in [-0.1, -0.05) is 12.8 Å². The topological polar surface area (TPSA) is 63.2 Å². The van der Waals surface area contributed by atoms with Crippen LogP contribution in [0.1, 0.15) is 49.5 Å². The minimum atomic E-state index is -3.11. The zero-order chi connectivity index (χ0) is 14.2. The summed E-state index contributed by atoms with van der Waals surface area (Å²) < 4.78 is 26.8. The highest BCUT2D eigenvalue weighted by Gasteiger charge is 2.39. The fourth-order valence-electron chi connectivity index (χ4n) is 3.23. The Balaban J connectivity index is 1.73. The Hall–Kier alpha value is -1.01. The highest BCUT2D eigenvalue weighted by Crippen LogP contribution is 2.32. The van der Waals surface area contributed by atoms with Crippen LogP contribution in [0.3, 0.4) is 0 Å². The smallest absolute Gasteiger partial charge is 0.217 e. The summed E-state index contributed by atoms with van der Waals surface area (Å²) in [4.78, 5) is 8.74. The lowest BCUT2D eigenvalue weighted by molar-refractivity contribution is 0.459. The first-order valence-electron chi connectivity index (χ1n) is 7.36. The van der Waals surface area contributed by atoms with Crippen molar-refractivity contribution in [2.75, 3.05) is 13.1 Å². The number of aryl methyl sites for hydroxylation is 1. The average molecular weight is 295 g/mol. The van der Waals surface area contributed by atoms with Gasteiger partial charge in [0.1, 0.15) is 5.82 Å². The van der Waals surface area contributed by atoms with E-state index in [9.17, 15) is 8.42 Å². The third kappa shape index (κ3) is 2.59. The summed E-state index contributed by atoms with van der Waals surface area (Å²) in [7, 11) is -3.11. The third-order valence-electron chi connectivity index (χ3n) is 4.41. The Morgan fingerprint density at radius 2 is 2.00 bits per heavy atom. The minimum absolute atomic E-state index is 0.145. The van der Waals surface area contributed by atoms with Crippen LogP contribution in [-0.2, 0) is 10.0 Å². The Kier molecular flexibility index (Phi) is 3.77. The van der Waals surface area contributed by atoms with Crippen LogP contribution in [0.5, 0.6) is 0 Å². The summed E-state index contributed by atoms with van der Waals surface area (Å²) in [5.74, 6) is 0.931. The molecule has 2 fully saturated rings. The summed E-state index contributed by atoms with van der Waals surface area (Å²) in [6.45, 7) is 3.09. The molecule has 20 heavy (non-hydrogen) atoms. The Morgan fingerprint density at radius 3 is 2.70 bits per heavy atom. The highest BCUT2D eigenvalue weighted by atomic mass is 32.2. The molecule has 6 heteroatoms. The fraction of sp³-hybridized carbons (Fsp3) is 0.714. The zero-order valence-corrected chi connectivity index (χ0v) is 12.6. The van der Waals surface area contributed by atoms with Gasteiger partial charge in [-0.25, -0.2) is 22.7 Å². The van der Waals surface area contributed by atoms with E-state index < -0.39 is 10.0 Å². The maximum atomic E-state index is 12.6. The minimum Gasteiger partial charge on any atom is -0.241 e. The molecule has 0 radical (unpaired) electrons. The monoisotopic (exact) mass is 295 g/mol. The molecule has 0 spiro atoms. The maximum Gasteiger partial charge on any atom is 0.217 e. The second-order valence-electron chi connectivity index (χ2n) is 5.85. The van der Waals surface area contributed by atoms with E-state index in [1.54, 1.807) is 10.5 Å². The Morgan fingerprint density at radius 1 is 1.25 bits per heavy atom. The van der Waals surface area contributed by atoms with Crippen molar-refractivity contribution in [3.63, 3.8) is 0 Å². The van der Waals surface area contributed by atoms with E-state index in [1.807, 2.05) is 13.0 Å². The molecule has 1 atom stereocenters. The van der Waals surface area contributed by atoms with Gasteiger partial charge in [0.25, 0.3) is 0 Å². The SMILES string of the molecule is Cc1ccnc(C2CCN(S(=O)(=O)C3CCCC3)C2)n1. The summed E-state index contributed by atoms with van der Waals surface area (Å²) >= 11 is 0. The molecule has 0 aromatic carbocycles. The van der Waals surface area contributed by atoms with Gasteiger partial charge in [0, 0.05) is 30.9 Å². The summed E-state index contributed by atoms with van der Waals surface area (Å²) in [5, 5.41) is -0.153. The molecule has 0 N–H and O–H groups in total. The van der Waals surface area contributed by atoms with Crippen molar-refractivity contribution in [2.24, 2.45) is 0 Å². The van der Waals surface area contributed by atoms with E-state index in [1.165, 1.54) is 0 Å². The molecule has 2 heterocycles. The van der Waals surface area contributed by atoms with E-state index in [2.05, 4.69) is 9.97 Å². The first-order chi connectivity index (χ1) is 9.57. The highest BCUT2D eigenvalue weighted by molar-refractivity contribution is 7.89. The average Bonchev–Trinajstić information content (AvgIpc) is 3.11. The lowest BCUT2D eigenvalue weighted by atomic mass is 10.1. The van der Waals surface area contributed by atoms with Gasteiger partial charge in [-0.15, -0.1) is 0 Å². The van der Waals surface area contributed by atoms with E-state index in [0.717, 1.165) is 43.6 Å². The van der Waals surface area contributed by atoms with Crippen molar-refractivity contribution in [1.29, 1.82) is 0 Å².